The van der Waals surface area contributed by atoms with Gasteiger partial charge in [0.2, 0.25) is 0 Å². The van der Waals surface area contributed by atoms with Crippen molar-refractivity contribution in [3.63, 3.8) is 0 Å². The fourth-order valence-electron chi connectivity index (χ4n) is 3.39. The number of hydrogen-bond donors (Lipinski definition) is 3. The lowest BCUT2D eigenvalue weighted by Gasteiger charge is -2.30. The highest BCUT2D eigenvalue weighted by Crippen LogP contribution is 2.15. The van der Waals surface area contributed by atoms with E-state index in [1.807, 2.05) is 24.3 Å². The first kappa shape index (κ1) is 21.6. The van der Waals surface area contributed by atoms with Crippen LogP contribution in [0.2, 0.25) is 0 Å². The van der Waals surface area contributed by atoms with Gasteiger partial charge in [0.15, 0.2) is 11.6 Å². The Hall–Kier alpha value is -2.06. The van der Waals surface area contributed by atoms with Crippen LogP contribution < -0.4 is 10.1 Å². The number of ether oxygens (including phenoxy) is 1. The van der Waals surface area contributed by atoms with Crippen LogP contribution in [0.5, 0.6) is 5.75 Å². The molecule has 3 N–H and O–H groups in total. The fourth-order valence-corrected chi connectivity index (χ4v) is 3.39. The predicted octanol–water partition coefficient (Wildman–Crippen LogP) is 2.45. The summed E-state index contributed by atoms with van der Waals surface area (Å²) in [7, 11) is 0. The molecule has 0 aliphatic carbocycles. The van der Waals surface area contributed by atoms with E-state index >= 15 is 0 Å². The van der Waals surface area contributed by atoms with E-state index < -0.39 is 17.7 Å². The zero-order valence-corrected chi connectivity index (χ0v) is 16.4. The summed E-state index contributed by atoms with van der Waals surface area (Å²) in [5, 5.41) is 22.9. The first-order valence-electron chi connectivity index (χ1n) is 9.94. The number of nitrogens with zero attached hydrogens (tertiary/aromatic N) is 1. The maximum absolute atomic E-state index is 13.2. The summed E-state index contributed by atoms with van der Waals surface area (Å²) < 4.78 is 31.9. The average molecular weight is 406 g/mol. The van der Waals surface area contributed by atoms with E-state index in [0.29, 0.717) is 30.9 Å². The van der Waals surface area contributed by atoms with Crippen LogP contribution in [0.15, 0.2) is 42.5 Å². The Kier molecular flexibility index (Phi) is 7.94. The SMILES string of the molecule is OC1CCN(CC(O)COc2cccc(CNCc3ccc(F)c(F)c3)c2)CC1. The van der Waals surface area contributed by atoms with Crippen molar-refractivity contribution in [2.24, 2.45) is 0 Å². The minimum Gasteiger partial charge on any atom is -0.491 e. The lowest BCUT2D eigenvalue weighted by molar-refractivity contribution is 0.0337. The number of nitrogens with one attached hydrogen (secondary N) is 1. The van der Waals surface area contributed by atoms with Gasteiger partial charge in [0, 0.05) is 32.7 Å². The van der Waals surface area contributed by atoms with Crippen molar-refractivity contribution in [1.82, 2.24) is 10.2 Å². The van der Waals surface area contributed by atoms with Crippen molar-refractivity contribution < 1.29 is 23.7 Å². The monoisotopic (exact) mass is 406 g/mol. The van der Waals surface area contributed by atoms with Gasteiger partial charge >= 0.3 is 0 Å². The highest BCUT2D eigenvalue weighted by Gasteiger charge is 2.19. The van der Waals surface area contributed by atoms with Crippen LogP contribution in [0.1, 0.15) is 24.0 Å². The van der Waals surface area contributed by atoms with Crippen LogP contribution in [-0.4, -0.2) is 53.6 Å². The second-order valence-corrected chi connectivity index (χ2v) is 7.50. The summed E-state index contributed by atoms with van der Waals surface area (Å²) in [4.78, 5) is 2.14. The van der Waals surface area contributed by atoms with E-state index in [9.17, 15) is 19.0 Å². The largest absolute Gasteiger partial charge is 0.491 e. The Morgan fingerprint density at radius 2 is 1.76 bits per heavy atom. The van der Waals surface area contributed by atoms with Crippen LogP contribution >= 0.6 is 0 Å². The molecule has 2 aromatic carbocycles. The lowest BCUT2D eigenvalue weighted by atomic mass is 10.1. The van der Waals surface area contributed by atoms with E-state index in [-0.39, 0.29) is 12.7 Å². The van der Waals surface area contributed by atoms with E-state index in [1.165, 1.54) is 6.07 Å². The van der Waals surface area contributed by atoms with Gasteiger partial charge in [-0.1, -0.05) is 18.2 Å². The summed E-state index contributed by atoms with van der Waals surface area (Å²) >= 11 is 0. The summed E-state index contributed by atoms with van der Waals surface area (Å²) in [5.41, 5.74) is 1.66. The number of hydrogen-bond acceptors (Lipinski definition) is 5. The van der Waals surface area contributed by atoms with Crippen molar-refractivity contribution in [2.45, 2.75) is 38.1 Å². The molecule has 1 aliphatic rings. The minimum absolute atomic E-state index is 0.199. The molecule has 0 aromatic heterocycles. The maximum Gasteiger partial charge on any atom is 0.159 e. The summed E-state index contributed by atoms with van der Waals surface area (Å²) in [6.45, 7) is 3.28. The van der Waals surface area contributed by atoms with Crippen LogP contribution in [0.4, 0.5) is 8.78 Å². The number of aliphatic hydroxyl groups excluding tert-OH is 2. The van der Waals surface area contributed by atoms with Gasteiger partial charge in [-0.2, -0.15) is 0 Å². The maximum atomic E-state index is 13.2. The van der Waals surface area contributed by atoms with Crippen molar-refractivity contribution in [3.8, 4) is 5.75 Å². The Balaban J connectivity index is 1.41. The summed E-state index contributed by atoms with van der Waals surface area (Å²) in [6, 6.07) is 11.4. The second-order valence-electron chi connectivity index (χ2n) is 7.50. The Labute approximate surface area is 169 Å². The second kappa shape index (κ2) is 10.6. The Bertz CT molecular complexity index is 782. The quantitative estimate of drug-likeness (QED) is 0.597. The summed E-state index contributed by atoms with van der Waals surface area (Å²) in [5.74, 6) is -1.03. The van der Waals surface area contributed by atoms with Gasteiger partial charge in [-0.25, -0.2) is 8.78 Å². The number of aliphatic hydroxyl groups is 2. The lowest BCUT2D eigenvalue weighted by Crippen LogP contribution is -2.41. The zero-order chi connectivity index (χ0) is 20.6. The molecule has 1 saturated heterocycles. The molecule has 0 bridgehead atoms. The molecule has 1 atom stereocenters. The van der Waals surface area contributed by atoms with E-state index in [2.05, 4.69) is 10.2 Å². The van der Waals surface area contributed by atoms with E-state index in [0.717, 1.165) is 37.6 Å². The third-order valence-electron chi connectivity index (χ3n) is 5.01. The van der Waals surface area contributed by atoms with Gasteiger partial charge in [0.1, 0.15) is 18.5 Å². The molecule has 1 aliphatic heterocycles. The van der Waals surface area contributed by atoms with Gasteiger partial charge in [-0.3, -0.25) is 0 Å². The molecule has 5 nitrogen and oxygen atoms in total. The molecule has 0 saturated carbocycles. The van der Waals surface area contributed by atoms with Crippen molar-refractivity contribution in [3.05, 3.63) is 65.2 Å². The molecular formula is C22H28F2N2O3. The highest BCUT2D eigenvalue weighted by molar-refractivity contribution is 5.28. The highest BCUT2D eigenvalue weighted by atomic mass is 19.2. The topological polar surface area (TPSA) is 65.0 Å². The molecular weight excluding hydrogens is 378 g/mol. The fraction of sp³-hybridized carbons (Fsp3) is 0.455. The van der Waals surface area contributed by atoms with Crippen molar-refractivity contribution in [1.29, 1.82) is 0 Å². The molecule has 2 aromatic rings. The molecule has 7 heteroatoms. The third-order valence-corrected chi connectivity index (χ3v) is 5.01. The molecule has 1 fully saturated rings. The number of likely N-dealkylation sites (tertiary alicyclic amines) is 1. The number of benzene rings is 2. The van der Waals surface area contributed by atoms with E-state index in [4.69, 9.17) is 4.74 Å². The molecule has 0 radical (unpaired) electrons. The number of rotatable bonds is 9. The number of piperidine rings is 1. The first-order chi connectivity index (χ1) is 14.0. The van der Waals surface area contributed by atoms with Crippen LogP contribution in [-0.2, 0) is 13.1 Å². The van der Waals surface area contributed by atoms with Crippen LogP contribution in [0.3, 0.4) is 0 Å². The van der Waals surface area contributed by atoms with Gasteiger partial charge in [0.05, 0.1) is 6.10 Å². The van der Waals surface area contributed by atoms with Crippen LogP contribution in [0, 0.1) is 11.6 Å². The first-order valence-corrected chi connectivity index (χ1v) is 9.94. The van der Waals surface area contributed by atoms with Gasteiger partial charge in [-0.15, -0.1) is 0 Å². The standard InChI is InChI=1S/C22H28F2N2O3/c23-21-5-4-17(11-22(21)24)13-25-12-16-2-1-3-20(10-16)29-15-19(28)14-26-8-6-18(27)7-9-26/h1-5,10-11,18-19,25,27-28H,6-9,12-15H2. The number of β-amino-alcohol motifs (C(OH)–C–C–N with tert-alkyl or cyclic N) is 1. The van der Waals surface area contributed by atoms with Crippen LogP contribution in [0.25, 0.3) is 0 Å². The molecule has 158 valence electrons. The molecule has 3 rings (SSSR count). The molecule has 29 heavy (non-hydrogen) atoms. The Morgan fingerprint density at radius 3 is 2.48 bits per heavy atom. The molecule has 0 spiro atoms. The van der Waals surface area contributed by atoms with E-state index in [1.54, 1.807) is 6.07 Å². The van der Waals surface area contributed by atoms with Crippen molar-refractivity contribution >= 4 is 0 Å². The third kappa shape index (κ3) is 7.04. The zero-order valence-electron chi connectivity index (χ0n) is 16.4. The average Bonchev–Trinajstić information content (AvgIpc) is 2.71. The number of halogens is 2. The minimum atomic E-state index is -0.848. The predicted molar refractivity (Wildman–Crippen MR) is 107 cm³/mol. The molecule has 1 unspecified atom stereocenters. The smallest absolute Gasteiger partial charge is 0.159 e. The molecule has 1 heterocycles. The van der Waals surface area contributed by atoms with Gasteiger partial charge in [0.25, 0.3) is 0 Å². The Morgan fingerprint density at radius 1 is 1.03 bits per heavy atom. The van der Waals surface area contributed by atoms with Gasteiger partial charge < -0.3 is 25.2 Å². The van der Waals surface area contributed by atoms with Gasteiger partial charge in [-0.05, 0) is 48.2 Å². The van der Waals surface area contributed by atoms with Crippen molar-refractivity contribution in [2.75, 3.05) is 26.2 Å². The normalized spacial score (nSPS) is 16.7. The summed E-state index contributed by atoms with van der Waals surface area (Å²) in [6.07, 6.45) is 0.666. The molecule has 0 amide bonds.